The highest BCUT2D eigenvalue weighted by Gasteiger charge is 2.69. The molecule has 2 amide bonds. The maximum absolute atomic E-state index is 13.4. The Morgan fingerprint density at radius 2 is 1.85 bits per heavy atom. The molecular weight excluding hydrogens is 472 g/mol. The number of H-pyrrole nitrogens is 1. The van der Waals surface area contributed by atoms with Gasteiger partial charge in [-0.2, -0.15) is 0 Å². The van der Waals surface area contributed by atoms with Gasteiger partial charge < -0.3 is 10.1 Å². The molecule has 0 unspecified atom stereocenters. The molecule has 2 aromatic rings. The number of carbonyl (C=O) groups excluding carboxylic acids is 2. The number of thioether (sulfide) groups is 1. The zero-order valence-electron chi connectivity index (χ0n) is 18.3. The molecule has 34 heavy (non-hydrogen) atoms. The molecular formula is C25H24N2O5S2. The number of nitrogens with one attached hydrogen (secondary N) is 1. The number of thiazole rings is 1. The minimum atomic E-state index is -0.921. The summed E-state index contributed by atoms with van der Waals surface area (Å²) in [5, 5.41) is 10.0. The van der Waals surface area contributed by atoms with Crippen LogP contribution in [-0.4, -0.2) is 44.6 Å². The highest BCUT2D eigenvalue weighted by Crippen LogP contribution is 2.67. The summed E-state index contributed by atoms with van der Waals surface area (Å²) in [5.41, 5.74) is 1.08. The number of likely N-dealkylation sites (tertiary alicyclic amines) is 1. The number of amides is 2. The van der Waals surface area contributed by atoms with Gasteiger partial charge in [0.15, 0.2) is 0 Å². The lowest BCUT2D eigenvalue weighted by molar-refractivity contribution is -0.142. The quantitative estimate of drug-likeness (QED) is 0.594. The number of carboxylic acid groups (broad SMARTS) is 1. The number of aromatic amines is 1. The SMILES string of the molecule is O=C(O)CCCN1C(=O)[C@@H]2[C@H]3C[C@@H]([C@@H]2C1=O)[C@H]1[C@@H]3Sc2[nH]c(=O)sc2[C@H]1/C=C/c1ccccc1. The molecule has 7 atom stereocenters. The first-order valence-electron chi connectivity index (χ1n) is 11.6. The van der Waals surface area contributed by atoms with Gasteiger partial charge in [-0.3, -0.25) is 24.1 Å². The molecule has 176 valence electrons. The highest BCUT2D eigenvalue weighted by atomic mass is 32.2. The van der Waals surface area contributed by atoms with E-state index in [0.717, 1.165) is 21.9 Å². The van der Waals surface area contributed by atoms with Crippen LogP contribution in [0.25, 0.3) is 6.08 Å². The fourth-order valence-electron chi connectivity index (χ4n) is 6.73. The summed E-state index contributed by atoms with van der Waals surface area (Å²) in [6.07, 6.45) is 5.35. The van der Waals surface area contributed by atoms with Crippen molar-refractivity contribution in [3.05, 3.63) is 56.5 Å². The number of imide groups is 1. The van der Waals surface area contributed by atoms with Crippen molar-refractivity contribution in [2.45, 2.75) is 35.5 Å². The number of aliphatic carboxylic acids is 1. The summed E-state index contributed by atoms with van der Waals surface area (Å²) in [7, 11) is 0. The summed E-state index contributed by atoms with van der Waals surface area (Å²) >= 11 is 2.92. The predicted molar refractivity (Wildman–Crippen MR) is 128 cm³/mol. The summed E-state index contributed by atoms with van der Waals surface area (Å²) in [6.45, 7) is 0.177. The third-order valence-electron chi connectivity index (χ3n) is 7.93. The number of rotatable bonds is 6. The lowest BCUT2D eigenvalue weighted by Crippen LogP contribution is -2.42. The Hall–Kier alpha value is -2.65. The van der Waals surface area contributed by atoms with Gasteiger partial charge in [0.05, 0.1) is 16.9 Å². The van der Waals surface area contributed by atoms with Gasteiger partial charge >= 0.3 is 10.8 Å². The topological polar surface area (TPSA) is 108 Å². The molecule has 2 N–H and O–H groups in total. The van der Waals surface area contributed by atoms with E-state index in [0.29, 0.717) is 0 Å². The maximum atomic E-state index is 13.4. The van der Waals surface area contributed by atoms with Crippen molar-refractivity contribution < 1.29 is 19.5 Å². The molecule has 4 aliphatic rings. The van der Waals surface area contributed by atoms with Crippen LogP contribution in [-0.2, 0) is 14.4 Å². The summed E-state index contributed by atoms with van der Waals surface area (Å²) in [5.74, 6) is -1.44. The normalized spacial score (nSPS) is 33.4. The van der Waals surface area contributed by atoms with E-state index in [-0.39, 0.29) is 76.8 Å². The number of aromatic nitrogens is 1. The number of carboxylic acids is 1. The molecule has 0 radical (unpaired) electrons. The van der Waals surface area contributed by atoms with Crippen molar-refractivity contribution in [3.63, 3.8) is 0 Å². The van der Waals surface area contributed by atoms with E-state index in [4.69, 9.17) is 5.11 Å². The molecule has 2 aliphatic heterocycles. The van der Waals surface area contributed by atoms with E-state index < -0.39 is 5.97 Å². The Labute approximate surface area is 204 Å². The van der Waals surface area contributed by atoms with Gasteiger partial charge in [0.2, 0.25) is 11.8 Å². The average molecular weight is 497 g/mol. The van der Waals surface area contributed by atoms with E-state index >= 15 is 0 Å². The molecule has 2 saturated carbocycles. The predicted octanol–water partition coefficient (Wildman–Crippen LogP) is 3.44. The fraction of sp³-hybridized carbons (Fsp3) is 0.440. The molecule has 1 aromatic heterocycles. The largest absolute Gasteiger partial charge is 0.481 e. The van der Waals surface area contributed by atoms with Gasteiger partial charge in [-0.25, -0.2) is 0 Å². The third-order valence-corrected chi connectivity index (χ3v) is 10.5. The molecule has 9 heteroatoms. The van der Waals surface area contributed by atoms with E-state index in [2.05, 4.69) is 17.1 Å². The van der Waals surface area contributed by atoms with E-state index in [1.165, 1.54) is 16.2 Å². The molecule has 1 saturated heterocycles. The van der Waals surface area contributed by atoms with E-state index in [1.54, 1.807) is 11.8 Å². The zero-order chi connectivity index (χ0) is 23.6. The molecule has 0 spiro atoms. The van der Waals surface area contributed by atoms with Crippen LogP contribution in [0.3, 0.4) is 0 Å². The number of allylic oxidation sites excluding steroid dienone is 1. The first kappa shape index (κ1) is 21.9. The van der Waals surface area contributed by atoms with Gasteiger partial charge in [-0.05, 0) is 36.2 Å². The molecule has 3 heterocycles. The van der Waals surface area contributed by atoms with Crippen LogP contribution < -0.4 is 4.87 Å². The first-order chi connectivity index (χ1) is 16.4. The Morgan fingerprint density at radius 3 is 2.59 bits per heavy atom. The minimum Gasteiger partial charge on any atom is -0.481 e. The summed E-state index contributed by atoms with van der Waals surface area (Å²) in [6, 6.07) is 10.0. The van der Waals surface area contributed by atoms with Crippen molar-refractivity contribution in [2.24, 2.45) is 29.6 Å². The van der Waals surface area contributed by atoms with Crippen LogP contribution in [0.5, 0.6) is 0 Å². The number of fused-ring (bicyclic) bond motifs is 9. The van der Waals surface area contributed by atoms with Crippen LogP contribution in [0.15, 0.2) is 46.2 Å². The molecule has 3 fully saturated rings. The van der Waals surface area contributed by atoms with E-state index in [1.807, 2.05) is 30.3 Å². The Morgan fingerprint density at radius 1 is 1.12 bits per heavy atom. The highest BCUT2D eigenvalue weighted by molar-refractivity contribution is 8.00. The van der Waals surface area contributed by atoms with Gasteiger partial charge in [0.1, 0.15) is 0 Å². The Kier molecular flexibility index (Phi) is 5.29. The van der Waals surface area contributed by atoms with E-state index in [9.17, 15) is 19.2 Å². The second-order valence-corrected chi connectivity index (χ2v) is 11.8. The minimum absolute atomic E-state index is 0.0188. The third kappa shape index (κ3) is 3.32. The van der Waals surface area contributed by atoms with Gasteiger partial charge in [-0.15, -0.1) is 11.8 Å². The zero-order valence-corrected chi connectivity index (χ0v) is 19.9. The fourth-order valence-corrected chi connectivity index (χ4v) is 9.59. The number of benzene rings is 1. The van der Waals surface area contributed by atoms with Gasteiger partial charge in [-0.1, -0.05) is 53.8 Å². The lowest BCUT2D eigenvalue weighted by Gasteiger charge is -2.41. The molecule has 2 aliphatic carbocycles. The first-order valence-corrected chi connectivity index (χ1v) is 13.3. The maximum Gasteiger partial charge on any atom is 0.305 e. The van der Waals surface area contributed by atoms with Crippen LogP contribution in [0, 0.1) is 29.6 Å². The Bertz CT molecular complexity index is 1250. The van der Waals surface area contributed by atoms with Crippen molar-refractivity contribution in [1.82, 2.24) is 9.88 Å². The van der Waals surface area contributed by atoms with Crippen molar-refractivity contribution >= 4 is 47.0 Å². The smallest absolute Gasteiger partial charge is 0.305 e. The second kappa shape index (κ2) is 8.23. The van der Waals surface area contributed by atoms with Crippen molar-refractivity contribution in [3.8, 4) is 0 Å². The van der Waals surface area contributed by atoms with Crippen LogP contribution >= 0.6 is 23.1 Å². The van der Waals surface area contributed by atoms with Crippen LogP contribution in [0.2, 0.25) is 0 Å². The summed E-state index contributed by atoms with van der Waals surface area (Å²) in [4.78, 5) is 55.0. The van der Waals surface area contributed by atoms with Gasteiger partial charge in [0.25, 0.3) is 0 Å². The summed E-state index contributed by atoms with van der Waals surface area (Å²) < 4.78 is 0. The molecule has 7 nitrogen and oxygen atoms in total. The number of nitrogens with zero attached hydrogens (tertiary/aromatic N) is 1. The second-order valence-electron chi connectivity index (χ2n) is 9.60. The molecule has 2 bridgehead atoms. The van der Waals surface area contributed by atoms with Gasteiger partial charge in [0, 0.05) is 29.0 Å². The Balaban J connectivity index is 1.33. The standard InChI is InChI=1S/C25H24N2O5S2/c28-16(29)7-4-10-27-23(30)18-14-11-15(19(18)24(27)31)20-17(14)13(9-8-12-5-2-1-3-6-12)21-22(33-20)26-25(32)34-21/h1-3,5-6,8-9,13-15,17-20H,4,7,10-11H2,(H,26,32)(H,28,29)/b9-8+/t13-,14+,15+,17-,18-,19+,20+/m0/s1. The molecule has 6 rings (SSSR count). The average Bonchev–Trinajstić information content (AvgIpc) is 3.54. The monoisotopic (exact) mass is 496 g/mol. The van der Waals surface area contributed by atoms with Crippen molar-refractivity contribution in [1.29, 1.82) is 0 Å². The molecule has 1 aromatic carbocycles. The van der Waals surface area contributed by atoms with Crippen molar-refractivity contribution in [2.75, 3.05) is 6.54 Å². The number of hydrogen-bond acceptors (Lipinski definition) is 6. The van der Waals surface area contributed by atoms with Crippen LogP contribution in [0.1, 0.15) is 35.6 Å². The lowest BCUT2D eigenvalue weighted by atomic mass is 9.69. The number of carbonyl (C=O) groups is 3. The number of hydrogen-bond donors (Lipinski definition) is 2. The van der Waals surface area contributed by atoms with Crippen LogP contribution in [0.4, 0.5) is 0 Å².